The zero-order valence-corrected chi connectivity index (χ0v) is 11.5. The number of rotatable bonds is 2. The van der Waals surface area contributed by atoms with Crippen molar-refractivity contribution in [3.05, 3.63) is 72.3 Å². The molecule has 0 aliphatic carbocycles. The van der Waals surface area contributed by atoms with Gasteiger partial charge in [-0.1, -0.05) is 60.7 Å². The Balaban J connectivity index is 0.000000200. The first kappa shape index (κ1) is 15.1. The molecule has 0 aromatic heterocycles. The van der Waals surface area contributed by atoms with Crippen molar-refractivity contribution < 1.29 is 13.0 Å². The van der Waals surface area contributed by atoms with Crippen LogP contribution < -0.4 is 0 Å². The average Bonchev–Trinajstić information content (AvgIpc) is 2.40. The predicted molar refractivity (Wildman–Crippen MR) is 77.5 cm³/mol. The van der Waals surface area contributed by atoms with E-state index in [4.69, 9.17) is 4.55 Å². The smallest absolute Gasteiger partial charge is 0.282 e. The minimum atomic E-state index is -4.02. The second kappa shape index (κ2) is 6.87. The van der Waals surface area contributed by atoms with Gasteiger partial charge >= 0.3 is 0 Å². The van der Waals surface area contributed by atoms with Crippen LogP contribution in [0.4, 0.5) is 0 Å². The first-order valence-electron chi connectivity index (χ1n) is 5.65. The van der Waals surface area contributed by atoms with Crippen LogP contribution >= 0.6 is 0 Å². The largest absolute Gasteiger partial charge is 0.294 e. The summed E-state index contributed by atoms with van der Waals surface area (Å²) in [5, 5.41) is 0. The highest BCUT2D eigenvalue weighted by molar-refractivity contribution is 7.85. The van der Waals surface area contributed by atoms with E-state index in [1.54, 1.807) is 12.1 Å². The molecule has 0 heterocycles. The zero-order chi connectivity index (χ0) is 14.3. The van der Waals surface area contributed by atoms with Crippen molar-refractivity contribution in [3.8, 4) is 0 Å². The van der Waals surface area contributed by atoms with Crippen molar-refractivity contribution in [2.75, 3.05) is 0 Å². The van der Waals surface area contributed by atoms with Gasteiger partial charge in [-0.3, -0.25) is 4.55 Å². The minimum Gasteiger partial charge on any atom is -0.282 e. The van der Waals surface area contributed by atoms with Crippen LogP contribution in [0, 0.1) is 6.92 Å². The van der Waals surface area contributed by atoms with Gasteiger partial charge in [0.25, 0.3) is 10.1 Å². The molecule has 0 aliphatic rings. The summed E-state index contributed by atoms with van der Waals surface area (Å²) in [7, 11) is -4.02. The minimum absolute atomic E-state index is 0.0666. The van der Waals surface area contributed by atoms with Crippen molar-refractivity contribution >= 4 is 16.2 Å². The zero-order valence-electron chi connectivity index (χ0n) is 10.7. The molecule has 3 nitrogen and oxygen atoms in total. The van der Waals surface area contributed by atoms with Crippen molar-refractivity contribution in [2.24, 2.45) is 0 Å². The Morgan fingerprint density at radius 2 is 1.53 bits per heavy atom. The molecule has 0 aliphatic heterocycles. The highest BCUT2D eigenvalue weighted by Gasteiger charge is 2.06. The van der Waals surface area contributed by atoms with E-state index in [2.05, 4.69) is 6.58 Å². The van der Waals surface area contributed by atoms with Crippen LogP contribution in [-0.4, -0.2) is 13.0 Å². The molecule has 2 aromatic carbocycles. The molecule has 0 spiro atoms. The van der Waals surface area contributed by atoms with Crippen LogP contribution in [0.2, 0.25) is 0 Å². The second-order valence-corrected chi connectivity index (χ2v) is 5.32. The molecular formula is C15H16O3S. The van der Waals surface area contributed by atoms with Gasteiger partial charge in [0.2, 0.25) is 0 Å². The summed E-state index contributed by atoms with van der Waals surface area (Å²) in [5.41, 5.74) is 2.13. The molecule has 100 valence electrons. The molecule has 2 rings (SSSR count). The summed E-state index contributed by atoms with van der Waals surface area (Å²) in [6.45, 7) is 5.47. The van der Waals surface area contributed by atoms with E-state index in [0.29, 0.717) is 0 Å². The van der Waals surface area contributed by atoms with Gasteiger partial charge < -0.3 is 0 Å². The van der Waals surface area contributed by atoms with Gasteiger partial charge in [-0.2, -0.15) is 8.42 Å². The maximum Gasteiger partial charge on any atom is 0.294 e. The van der Waals surface area contributed by atoms with Crippen LogP contribution in [0.25, 0.3) is 6.08 Å². The molecule has 0 amide bonds. The van der Waals surface area contributed by atoms with E-state index < -0.39 is 10.1 Å². The summed E-state index contributed by atoms with van der Waals surface area (Å²) in [6, 6.07) is 16.0. The maximum absolute atomic E-state index is 10.5. The molecule has 0 bridgehead atoms. The summed E-state index contributed by atoms with van der Waals surface area (Å²) >= 11 is 0. The van der Waals surface area contributed by atoms with Crippen molar-refractivity contribution in [1.29, 1.82) is 0 Å². The number of aryl methyl sites for hydroxylation is 1. The van der Waals surface area contributed by atoms with Gasteiger partial charge in [-0.05, 0) is 24.6 Å². The monoisotopic (exact) mass is 276 g/mol. The van der Waals surface area contributed by atoms with Crippen LogP contribution in [0.15, 0.2) is 66.1 Å². The Hall–Kier alpha value is -1.91. The average molecular weight is 276 g/mol. The second-order valence-electron chi connectivity index (χ2n) is 3.90. The Morgan fingerprint density at radius 1 is 1.00 bits per heavy atom. The van der Waals surface area contributed by atoms with Gasteiger partial charge in [0, 0.05) is 0 Å². The Bertz CT molecular complexity index is 614. The molecule has 4 heteroatoms. The van der Waals surface area contributed by atoms with Crippen molar-refractivity contribution in [2.45, 2.75) is 11.8 Å². The SMILES string of the molecule is C=Cc1ccccc1.Cc1ccc(S(=O)(=O)O)cc1. The highest BCUT2D eigenvalue weighted by Crippen LogP contribution is 2.08. The highest BCUT2D eigenvalue weighted by atomic mass is 32.2. The summed E-state index contributed by atoms with van der Waals surface area (Å²) in [6.07, 6.45) is 1.83. The predicted octanol–water partition coefficient (Wildman–Crippen LogP) is 3.57. The quantitative estimate of drug-likeness (QED) is 0.853. The molecule has 0 saturated carbocycles. The normalized spacial score (nSPS) is 10.2. The first-order chi connectivity index (χ1) is 8.93. The van der Waals surface area contributed by atoms with Crippen LogP contribution in [0.3, 0.4) is 0 Å². The third kappa shape index (κ3) is 5.50. The Labute approximate surface area is 114 Å². The summed E-state index contributed by atoms with van der Waals surface area (Å²) in [5.74, 6) is 0. The molecule has 19 heavy (non-hydrogen) atoms. The molecule has 0 radical (unpaired) electrons. The lowest BCUT2D eigenvalue weighted by molar-refractivity contribution is 0.483. The van der Waals surface area contributed by atoms with Crippen LogP contribution in [-0.2, 0) is 10.1 Å². The Kier molecular flexibility index (Phi) is 5.48. The maximum atomic E-state index is 10.5. The third-order valence-electron chi connectivity index (χ3n) is 2.35. The number of hydrogen-bond donors (Lipinski definition) is 1. The lowest BCUT2D eigenvalue weighted by atomic mass is 10.2. The molecule has 2 aromatic rings. The number of hydrogen-bond acceptors (Lipinski definition) is 2. The molecule has 1 N–H and O–H groups in total. The van der Waals surface area contributed by atoms with E-state index >= 15 is 0 Å². The molecule has 0 saturated heterocycles. The lowest BCUT2D eigenvalue weighted by Gasteiger charge is -1.95. The van der Waals surface area contributed by atoms with E-state index in [0.717, 1.165) is 5.56 Å². The molecule has 0 fully saturated rings. The fraction of sp³-hybridized carbons (Fsp3) is 0.0667. The van der Waals surface area contributed by atoms with Crippen molar-refractivity contribution in [1.82, 2.24) is 0 Å². The standard InChI is InChI=1S/C8H8.C7H8O3S/c1-2-8-6-4-3-5-7-8;1-6-2-4-7(5-3-6)11(8,9)10/h2-7H,1H2;2-5H,1H3,(H,8,9,10). The Morgan fingerprint density at radius 3 is 1.89 bits per heavy atom. The van der Waals surface area contributed by atoms with E-state index in [1.807, 2.05) is 43.3 Å². The topological polar surface area (TPSA) is 54.4 Å². The fourth-order valence-corrected chi connectivity index (χ4v) is 1.78. The van der Waals surface area contributed by atoms with Gasteiger partial charge in [0.05, 0.1) is 4.90 Å². The van der Waals surface area contributed by atoms with Gasteiger partial charge in [0.15, 0.2) is 0 Å². The summed E-state index contributed by atoms with van der Waals surface area (Å²) in [4.78, 5) is -0.0666. The van der Waals surface area contributed by atoms with Crippen LogP contribution in [0.5, 0.6) is 0 Å². The fourth-order valence-electron chi connectivity index (χ4n) is 1.30. The summed E-state index contributed by atoms with van der Waals surface area (Å²) < 4.78 is 29.6. The number of benzene rings is 2. The van der Waals surface area contributed by atoms with E-state index in [9.17, 15) is 8.42 Å². The van der Waals surface area contributed by atoms with E-state index in [1.165, 1.54) is 17.7 Å². The molecule has 0 unspecified atom stereocenters. The van der Waals surface area contributed by atoms with Gasteiger partial charge in [0.1, 0.15) is 0 Å². The molecular weight excluding hydrogens is 260 g/mol. The van der Waals surface area contributed by atoms with Gasteiger partial charge in [-0.15, -0.1) is 0 Å². The van der Waals surface area contributed by atoms with E-state index in [-0.39, 0.29) is 4.90 Å². The van der Waals surface area contributed by atoms with Crippen molar-refractivity contribution in [3.63, 3.8) is 0 Å². The first-order valence-corrected chi connectivity index (χ1v) is 7.09. The molecule has 0 atom stereocenters. The third-order valence-corrected chi connectivity index (χ3v) is 3.22. The van der Waals surface area contributed by atoms with Crippen LogP contribution in [0.1, 0.15) is 11.1 Å². The lowest BCUT2D eigenvalue weighted by Crippen LogP contribution is -1.96. The van der Waals surface area contributed by atoms with Gasteiger partial charge in [-0.25, -0.2) is 0 Å².